The van der Waals surface area contributed by atoms with Crippen LogP contribution in [0.1, 0.15) is 31.2 Å². The second-order valence-corrected chi connectivity index (χ2v) is 9.47. The predicted octanol–water partition coefficient (Wildman–Crippen LogP) is 2.61. The second kappa shape index (κ2) is 8.72. The van der Waals surface area contributed by atoms with Gasteiger partial charge in [-0.3, -0.25) is 19.2 Å². The number of likely N-dealkylation sites (tertiary alicyclic amines) is 1. The fraction of sp³-hybridized carbons (Fsp3) is 0.370. The maximum atomic E-state index is 13.4. The van der Waals surface area contributed by atoms with Gasteiger partial charge in [0.1, 0.15) is 17.2 Å². The van der Waals surface area contributed by atoms with Gasteiger partial charge in [-0.15, -0.1) is 0 Å². The molecule has 1 heterocycles. The van der Waals surface area contributed by atoms with E-state index in [4.69, 9.17) is 9.47 Å². The molecule has 0 spiro atoms. The second-order valence-electron chi connectivity index (χ2n) is 9.47. The Kier molecular flexibility index (Phi) is 5.77. The third-order valence-electron chi connectivity index (χ3n) is 7.76. The van der Waals surface area contributed by atoms with Crippen LogP contribution >= 0.6 is 0 Å². The number of benzene rings is 1. The zero-order valence-electron chi connectivity index (χ0n) is 20.7. The van der Waals surface area contributed by atoms with Crippen LogP contribution in [0, 0.1) is 17.8 Å². The molecule has 1 N–H and O–H groups in total. The molecule has 1 saturated heterocycles. The van der Waals surface area contributed by atoms with Crippen molar-refractivity contribution in [1.29, 1.82) is 0 Å². The van der Waals surface area contributed by atoms with Gasteiger partial charge in [-0.1, -0.05) is 11.6 Å². The molecule has 4 aliphatic rings. The fourth-order valence-electron chi connectivity index (χ4n) is 6.15. The molecule has 192 valence electrons. The molecule has 4 atom stereocenters. The lowest BCUT2D eigenvalue weighted by atomic mass is 9.59. The van der Waals surface area contributed by atoms with Gasteiger partial charge in [-0.05, 0) is 31.8 Å². The highest BCUT2D eigenvalue weighted by Gasteiger charge is 2.58. The van der Waals surface area contributed by atoms with Gasteiger partial charge < -0.3 is 19.3 Å². The van der Waals surface area contributed by atoms with E-state index in [0.29, 0.717) is 16.2 Å². The summed E-state index contributed by atoms with van der Waals surface area (Å²) in [6.07, 6.45) is 2.18. The number of ketones is 2. The molecule has 1 aliphatic heterocycles. The fourth-order valence-corrected chi connectivity index (χ4v) is 6.15. The number of phenolic OH excluding ortho intramolecular Hbond substituents is 1. The van der Waals surface area contributed by atoms with E-state index in [2.05, 4.69) is 4.74 Å². The SMILES string of the molecule is COC(=O)N1C(=O)[C@H]2[C@H](CC=C3[C@H](c4c(O)cc(OC)cc4OC)C4=C(C[C@H]32)C(=O)C(C)=CC4=O)C1=O. The van der Waals surface area contributed by atoms with E-state index >= 15 is 0 Å². The van der Waals surface area contributed by atoms with Gasteiger partial charge in [0, 0.05) is 40.3 Å². The van der Waals surface area contributed by atoms with Crippen LogP contribution in [-0.2, 0) is 23.9 Å². The number of carbonyl (C=O) groups excluding carboxylic acids is 5. The first kappa shape index (κ1) is 24.5. The quantitative estimate of drug-likeness (QED) is 0.372. The van der Waals surface area contributed by atoms with Crippen molar-refractivity contribution in [3.05, 3.63) is 52.1 Å². The first-order chi connectivity index (χ1) is 17.6. The number of methoxy groups -OCH3 is 3. The smallest absolute Gasteiger partial charge is 0.423 e. The van der Waals surface area contributed by atoms with Gasteiger partial charge >= 0.3 is 6.09 Å². The summed E-state index contributed by atoms with van der Waals surface area (Å²) < 4.78 is 15.5. The lowest BCUT2D eigenvalue weighted by Crippen LogP contribution is -2.40. The summed E-state index contributed by atoms with van der Waals surface area (Å²) in [6, 6.07) is 2.94. The highest BCUT2D eigenvalue weighted by molar-refractivity contribution is 6.24. The third-order valence-corrected chi connectivity index (χ3v) is 7.76. The summed E-state index contributed by atoms with van der Waals surface area (Å²) in [5.74, 6) is -5.03. The van der Waals surface area contributed by atoms with Gasteiger partial charge in [-0.25, -0.2) is 4.79 Å². The zero-order valence-corrected chi connectivity index (χ0v) is 20.7. The van der Waals surface area contributed by atoms with Crippen LogP contribution in [0.3, 0.4) is 0 Å². The summed E-state index contributed by atoms with van der Waals surface area (Å²) in [5, 5.41) is 11.1. The Balaban J connectivity index is 1.73. The minimum atomic E-state index is -1.06. The van der Waals surface area contributed by atoms with Crippen molar-refractivity contribution in [2.75, 3.05) is 21.3 Å². The molecule has 0 saturated carbocycles. The molecule has 0 bridgehead atoms. The lowest BCUT2D eigenvalue weighted by Gasteiger charge is -2.42. The number of nitrogens with zero attached hydrogens (tertiary/aromatic N) is 1. The number of Topliss-reactive ketones (excluding diaryl/α,β-unsaturated/α-hetero) is 1. The van der Waals surface area contributed by atoms with Gasteiger partial charge in [-0.2, -0.15) is 4.90 Å². The van der Waals surface area contributed by atoms with E-state index in [9.17, 15) is 29.1 Å². The largest absolute Gasteiger partial charge is 0.507 e. The predicted molar refractivity (Wildman–Crippen MR) is 127 cm³/mol. The summed E-state index contributed by atoms with van der Waals surface area (Å²) >= 11 is 0. The first-order valence-electron chi connectivity index (χ1n) is 11.7. The number of ether oxygens (including phenoxy) is 3. The molecule has 0 unspecified atom stereocenters. The monoisotopic (exact) mass is 507 g/mol. The van der Waals surface area contributed by atoms with Crippen molar-refractivity contribution in [3.63, 3.8) is 0 Å². The summed E-state index contributed by atoms with van der Waals surface area (Å²) in [4.78, 5) is 65.8. The normalized spacial score (nSPS) is 26.8. The third kappa shape index (κ3) is 3.42. The summed E-state index contributed by atoms with van der Waals surface area (Å²) in [6.45, 7) is 1.54. The van der Waals surface area contributed by atoms with Crippen molar-refractivity contribution in [2.45, 2.75) is 25.7 Å². The molecule has 1 aromatic carbocycles. The van der Waals surface area contributed by atoms with Crippen molar-refractivity contribution in [2.24, 2.45) is 17.8 Å². The van der Waals surface area contributed by atoms with E-state index in [1.807, 2.05) is 0 Å². The van der Waals surface area contributed by atoms with E-state index in [1.165, 1.54) is 26.4 Å². The Morgan fingerprint density at radius 2 is 1.76 bits per heavy atom. The topological polar surface area (TPSA) is 137 Å². The summed E-state index contributed by atoms with van der Waals surface area (Å²) in [5.41, 5.74) is 1.56. The molecule has 3 aliphatic carbocycles. The van der Waals surface area contributed by atoms with E-state index in [1.54, 1.807) is 19.1 Å². The number of allylic oxidation sites excluding steroid dienone is 6. The minimum Gasteiger partial charge on any atom is -0.507 e. The highest BCUT2D eigenvalue weighted by Crippen LogP contribution is 2.57. The Labute approximate surface area is 212 Å². The van der Waals surface area contributed by atoms with Crippen LogP contribution in [0.2, 0.25) is 0 Å². The summed E-state index contributed by atoms with van der Waals surface area (Å²) in [7, 11) is 3.92. The molecular weight excluding hydrogens is 482 g/mol. The van der Waals surface area contributed by atoms with Crippen molar-refractivity contribution in [1.82, 2.24) is 4.90 Å². The standard InChI is InChI=1S/C27H25NO9/c1-11-7-17(29)21-16(24(11)31)10-15-13(22(21)23-18(30)8-12(35-2)9-19(23)36-3)5-6-14-20(15)26(33)28(25(14)32)27(34)37-4/h5,7-9,14-15,20,22,30H,6,10H2,1-4H3/t14-,15+,20-,22-/m0/s1. The number of imide groups is 3. The molecular formula is C27H25NO9. The number of rotatable bonds is 3. The molecule has 37 heavy (non-hydrogen) atoms. The molecule has 5 rings (SSSR count). The lowest BCUT2D eigenvalue weighted by molar-refractivity contribution is -0.137. The van der Waals surface area contributed by atoms with Crippen molar-refractivity contribution in [3.8, 4) is 17.2 Å². The van der Waals surface area contributed by atoms with Gasteiger partial charge in [0.15, 0.2) is 11.6 Å². The number of aromatic hydroxyl groups is 1. The molecule has 1 fully saturated rings. The minimum absolute atomic E-state index is 0.0435. The highest BCUT2D eigenvalue weighted by atomic mass is 16.5. The van der Waals surface area contributed by atoms with E-state index < -0.39 is 41.6 Å². The van der Waals surface area contributed by atoms with E-state index in [0.717, 1.165) is 7.11 Å². The van der Waals surface area contributed by atoms with Crippen LogP contribution in [0.25, 0.3) is 0 Å². The Morgan fingerprint density at radius 1 is 1.03 bits per heavy atom. The number of fused-ring (bicyclic) bond motifs is 3. The molecule has 0 radical (unpaired) electrons. The Hall–Kier alpha value is -4.21. The maximum Gasteiger partial charge on any atom is 0.423 e. The molecule has 3 amide bonds. The van der Waals surface area contributed by atoms with Gasteiger partial charge in [0.05, 0.1) is 33.2 Å². The Bertz CT molecular complexity index is 1380. The molecule has 0 aromatic heterocycles. The molecule has 10 heteroatoms. The van der Waals surface area contributed by atoms with Gasteiger partial charge in [0.2, 0.25) is 11.8 Å². The van der Waals surface area contributed by atoms with E-state index in [-0.39, 0.29) is 58.2 Å². The number of hydrogen-bond donors (Lipinski definition) is 1. The Morgan fingerprint density at radius 3 is 2.41 bits per heavy atom. The average Bonchev–Trinajstić information content (AvgIpc) is 3.15. The number of amides is 3. The van der Waals surface area contributed by atoms with Crippen LogP contribution in [0.4, 0.5) is 4.79 Å². The first-order valence-corrected chi connectivity index (χ1v) is 11.7. The van der Waals surface area contributed by atoms with Crippen LogP contribution in [0.15, 0.2) is 46.6 Å². The average molecular weight is 507 g/mol. The number of carbonyl (C=O) groups is 5. The number of hydrogen-bond acceptors (Lipinski definition) is 9. The molecule has 10 nitrogen and oxygen atoms in total. The van der Waals surface area contributed by atoms with Crippen LogP contribution < -0.4 is 9.47 Å². The van der Waals surface area contributed by atoms with Crippen molar-refractivity contribution < 1.29 is 43.3 Å². The maximum absolute atomic E-state index is 13.4. The molecule has 1 aromatic rings. The van der Waals surface area contributed by atoms with Crippen molar-refractivity contribution >= 4 is 29.5 Å². The van der Waals surface area contributed by atoms with Crippen LogP contribution in [0.5, 0.6) is 17.2 Å². The zero-order chi connectivity index (χ0) is 26.8. The van der Waals surface area contributed by atoms with Crippen LogP contribution in [-0.4, -0.2) is 60.8 Å². The van der Waals surface area contributed by atoms with Gasteiger partial charge in [0.25, 0.3) is 0 Å². The number of phenols is 1.